The Morgan fingerprint density at radius 3 is 2.84 bits per heavy atom. The number of benzene rings is 1. The highest BCUT2D eigenvalue weighted by molar-refractivity contribution is 7.09. The van der Waals surface area contributed by atoms with Crippen molar-refractivity contribution in [3.63, 3.8) is 0 Å². The van der Waals surface area contributed by atoms with Crippen molar-refractivity contribution >= 4 is 11.3 Å². The molecule has 2 rings (SSSR count). The Balaban J connectivity index is 2.07. The first kappa shape index (κ1) is 14.0. The summed E-state index contributed by atoms with van der Waals surface area (Å²) in [5, 5.41) is 3.54. The lowest BCUT2D eigenvalue weighted by molar-refractivity contribution is 0.405. The Bertz CT molecular complexity index is 485. The first-order valence-corrected chi connectivity index (χ1v) is 7.44. The molecule has 2 aromatic rings. The third-order valence-corrected chi connectivity index (χ3v) is 3.88. The van der Waals surface area contributed by atoms with E-state index in [9.17, 15) is 0 Å². The molecule has 1 aromatic carbocycles. The predicted octanol–water partition coefficient (Wildman–Crippen LogP) is 2.92. The Kier molecular flexibility index (Phi) is 5.36. The number of aromatic nitrogens is 1. The monoisotopic (exact) mass is 276 g/mol. The predicted molar refractivity (Wildman–Crippen MR) is 80.0 cm³/mol. The van der Waals surface area contributed by atoms with Gasteiger partial charge in [-0.2, -0.15) is 0 Å². The Morgan fingerprint density at radius 2 is 2.16 bits per heavy atom. The standard InChI is InChI=1S/C15H20N2OS/c1-3-17-13(9-14-10-16-11-19-14)8-12-6-4-5-7-15(12)18-2/h4-7,10-11,13,17H,3,8-9H2,1-2H3. The van der Waals surface area contributed by atoms with Gasteiger partial charge in [-0.25, -0.2) is 0 Å². The maximum atomic E-state index is 5.42. The topological polar surface area (TPSA) is 34.2 Å². The lowest BCUT2D eigenvalue weighted by Crippen LogP contribution is -2.32. The quantitative estimate of drug-likeness (QED) is 0.844. The molecule has 1 atom stereocenters. The molecule has 1 unspecified atom stereocenters. The van der Waals surface area contributed by atoms with Crippen LogP contribution < -0.4 is 10.1 Å². The van der Waals surface area contributed by atoms with Gasteiger partial charge >= 0.3 is 0 Å². The number of para-hydroxylation sites is 1. The molecule has 0 aliphatic heterocycles. The SMILES string of the molecule is CCNC(Cc1cncs1)Cc1ccccc1OC. The smallest absolute Gasteiger partial charge is 0.122 e. The van der Waals surface area contributed by atoms with Gasteiger partial charge in [0.05, 0.1) is 12.6 Å². The third kappa shape index (κ3) is 4.04. The summed E-state index contributed by atoms with van der Waals surface area (Å²) in [5.41, 5.74) is 3.14. The van der Waals surface area contributed by atoms with Crippen LogP contribution in [0.15, 0.2) is 36.0 Å². The average Bonchev–Trinajstić information content (AvgIpc) is 2.92. The van der Waals surface area contributed by atoms with Gasteiger partial charge in [-0.1, -0.05) is 25.1 Å². The van der Waals surface area contributed by atoms with Gasteiger partial charge in [0, 0.05) is 17.1 Å². The molecule has 4 heteroatoms. The lowest BCUT2D eigenvalue weighted by atomic mass is 10.0. The van der Waals surface area contributed by atoms with Gasteiger partial charge in [0.2, 0.25) is 0 Å². The van der Waals surface area contributed by atoms with Crippen LogP contribution in [-0.2, 0) is 12.8 Å². The van der Waals surface area contributed by atoms with E-state index in [1.165, 1.54) is 10.4 Å². The van der Waals surface area contributed by atoms with Gasteiger partial charge < -0.3 is 10.1 Å². The molecule has 0 bridgehead atoms. The Labute approximate surface area is 118 Å². The van der Waals surface area contributed by atoms with Crippen LogP contribution in [-0.4, -0.2) is 24.7 Å². The molecule has 0 amide bonds. The first-order valence-electron chi connectivity index (χ1n) is 6.56. The molecule has 0 fully saturated rings. The summed E-state index contributed by atoms with van der Waals surface area (Å²) in [6.07, 6.45) is 3.93. The molecule has 3 nitrogen and oxygen atoms in total. The fraction of sp³-hybridized carbons (Fsp3) is 0.400. The molecule has 0 saturated carbocycles. The van der Waals surface area contributed by atoms with E-state index >= 15 is 0 Å². The number of ether oxygens (including phenoxy) is 1. The van der Waals surface area contributed by atoms with Crippen molar-refractivity contribution in [1.82, 2.24) is 10.3 Å². The summed E-state index contributed by atoms with van der Waals surface area (Å²) < 4.78 is 5.42. The van der Waals surface area contributed by atoms with E-state index < -0.39 is 0 Å². The van der Waals surface area contributed by atoms with E-state index in [0.29, 0.717) is 6.04 Å². The second kappa shape index (κ2) is 7.26. The molecule has 0 spiro atoms. The highest BCUT2D eigenvalue weighted by atomic mass is 32.1. The summed E-state index contributed by atoms with van der Waals surface area (Å²) in [7, 11) is 1.73. The second-order valence-electron chi connectivity index (χ2n) is 4.44. The van der Waals surface area contributed by atoms with Crippen LogP contribution in [0.4, 0.5) is 0 Å². The van der Waals surface area contributed by atoms with Crippen molar-refractivity contribution in [2.75, 3.05) is 13.7 Å². The largest absolute Gasteiger partial charge is 0.496 e. The molecule has 0 saturated heterocycles. The minimum Gasteiger partial charge on any atom is -0.496 e. The van der Waals surface area contributed by atoms with Crippen LogP contribution in [0.2, 0.25) is 0 Å². The number of hydrogen-bond donors (Lipinski definition) is 1. The zero-order valence-corrected chi connectivity index (χ0v) is 12.2. The molecule has 0 radical (unpaired) electrons. The summed E-state index contributed by atoms with van der Waals surface area (Å²) in [5.74, 6) is 0.967. The van der Waals surface area contributed by atoms with E-state index in [1.54, 1.807) is 18.4 Å². The highest BCUT2D eigenvalue weighted by Gasteiger charge is 2.13. The van der Waals surface area contributed by atoms with Crippen molar-refractivity contribution in [1.29, 1.82) is 0 Å². The van der Waals surface area contributed by atoms with E-state index in [2.05, 4.69) is 29.4 Å². The maximum Gasteiger partial charge on any atom is 0.122 e. The average molecular weight is 276 g/mol. The number of likely N-dealkylation sites (N-methyl/N-ethyl adjacent to an activating group) is 1. The number of thiazole rings is 1. The van der Waals surface area contributed by atoms with Gasteiger partial charge in [0.15, 0.2) is 0 Å². The molecule has 102 valence electrons. The van der Waals surface area contributed by atoms with Crippen LogP contribution in [0.1, 0.15) is 17.4 Å². The van der Waals surface area contributed by atoms with Crippen molar-refractivity contribution in [2.45, 2.75) is 25.8 Å². The fourth-order valence-electron chi connectivity index (χ4n) is 2.23. The zero-order chi connectivity index (χ0) is 13.5. The Morgan fingerprint density at radius 1 is 1.32 bits per heavy atom. The molecule has 0 aliphatic carbocycles. The molecule has 0 aliphatic rings. The van der Waals surface area contributed by atoms with Gasteiger partial charge in [-0.3, -0.25) is 4.98 Å². The number of nitrogens with zero attached hydrogens (tertiary/aromatic N) is 1. The highest BCUT2D eigenvalue weighted by Crippen LogP contribution is 2.20. The zero-order valence-electron chi connectivity index (χ0n) is 11.4. The summed E-state index contributed by atoms with van der Waals surface area (Å²) in [4.78, 5) is 5.46. The molecular formula is C15H20N2OS. The van der Waals surface area contributed by atoms with Crippen LogP contribution in [0.5, 0.6) is 5.75 Å². The second-order valence-corrected chi connectivity index (χ2v) is 5.41. The molecule has 1 N–H and O–H groups in total. The number of hydrogen-bond acceptors (Lipinski definition) is 4. The van der Waals surface area contributed by atoms with Crippen molar-refractivity contribution < 1.29 is 4.74 Å². The van der Waals surface area contributed by atoms with E-state index in [-0.39, 0.29) is 0 Å². The van der Waals surface area contributed by atoms with E-state index in [1.807, 2.05) is 23.8 Å². The maximum absolute atomic E-state index is 5.42. The molecule has 1 aromatic heterocycles. The van der Waals surface area contributed by atoms with Gasteiger partial charge in [0.1, 0.15) is 5.75 Å². The Hall–Kier alpha value is -1.39. The van der Waals surface area contributed by atoms with Crippen LogP contribution in [0, 0.1) is 0 Å². The fourth-order valence-corrected chi connectivity index (χ4v) is 2.90. The van der Waals surface area contributed by atoms with E-state index in [4.69, 9.17) is 4.74 Å². The number of rotatable bonds is 7. The minimum absolute atomic E-state index is 0.418. The summed E-state index contributed by atoms with van der Waals surface area (Å²) in [6.45, 7) is 3.11. The summed E-state index contributed by atoms with van der Waals surface area (Å²) in [6, 6.07) is 8.64. The van der Waals surface area contributed by atoms with Gasteiger partial charge in [-0.15, -0.1) is 11.3 Å². The van der Waals surface area contributed by atoms with Gasteiger partial charge in [0.25, 0.3) is 0 Å². The third-order valence-electron chi connectivity index (χ3n) is 3.08. The van der Waals surface area contributed by atoms with Crippen LogP contribution in [0.25, 0.3) is 0 Å². The minimum atomic E-state index is 0.418. The number of methoxy groups -OCH3 is 1. The lowest BCUT2D eigenvalue weighted by Gasteiger charge is -2.18. The van der Waals surface area contributed by atoms with E-state index in [0.717, 1.165) is 25.1 Å². The number of nitrogens with one attached hydrogen (secondary N) is 1. The van der Waals surface area contributed by atoms with Gasteiger partial charge in [-0.05, 0) is 31.0 Å². The molecule has 19 heavy (non-hydrogen) atoms. The normalized spacial score (nSPS) is 12.3. The molecule has 1 heterocycles. The van der Waals surface area contributed by atoms with Crippen molar-refractivity contribution in [3.8, 4) is 5.75 Å². The summed E-state index contributed by atoms with van der Waals surface area (Å²) >= 11 is 1.72. The molecular weight excluding hydrogens is 256 g/mol. The van der Waals surface area contributed by atoms with Crippen LogP contribution >= 0.6 is 11.3 Å². The van der Waals surface area contributed by atoms with Crippen molar-refractivity contribution in [2.24, 2.45) is 0 Å². The first-order chi connectivity index (χ1) is 9.33. The van der Waals surface area contributed by atoms with Crippen LogP contribution in [0.3, 0.4) is 0 Å². The van der Waals surface area contributed by atoms with Crippen molar-refractivity contribution in [3.05, 3.63) is 46.4 Å².